The number of anilines is 1. The monoisotopic (exact) mass is 393 g/mol. The SMILES string of the molecule is O=C(OCNc1cc(SCC(F)(F)F)c(Cl)cc1F)c1ccccc1. The predicted molar refractivity (Wildman–Crippen MR) is 88.5 cm³/mol. The minimum Gasteiger partial charge on any atom is -0.441 e. The van der Waals surface area contributed by atoms with Gasteiger partial charge in [0.2, 0.25) is 0 Å². The fourth-order valence-corrected chi connectivity index (χ4v) is 2.80. The van der Waals surface area contributed by atoms with Gasteiger partial charge < -0.3 is 10.1 Å². The van der Waals surface area contributed by atoms with Crippen LogP contribution in [0.15, 0.2) is 47.4 Å². The average Bonchev–Trinajstić information content (AvgIpc) is 2.55. The molecule has 3 nitrogen and oxygen atoms in total. The zero-order valence-electron chi connectivity index (χ0n) is 12.6. The number of nitrogens with one attached hydrogen (secondary N) is 1. The summed E-state index contributed by atoms with van der Waals surface area (Å²) in [6, 6.07) is 10.2. The molecule has 0 amide bonds. The van der Waals surface area contributed by atoms with Crippen LogP contribution in [0.25, 0.3) is 0 Å². The summed E-state index contributed by atoms with van der Waals surface area (Å²) >= 11 is 6.20. The van der Waals surface area contributed by atoms with Crippen molar-refractivity contribution in [2.45, 2.75) is 11.1 Å². The fourth-order valence-electron chi connectivity index (χ4n) is 1.77. The van der Waals surface area contributed by atoms with Gasteiger partial charge in [0.1, 0.15) is 5.82 Å². The number of hydrogen-bond acceptors (Lipinski definition) is 4. The minimum atomic E-state index is -4.37. The lowest BCUT2D eigenvalue weighted by molar-refractivity contribution is -0.105. The Balaban J connectivity index is 1.98. The largest absolute Gasteiger partial charge is 0.441 e. The summed E-state index contributed by atoms with van der Waals surface area (Å²) in [5, 5.41) is 2.38. The molecule has 2 aromatic rings. The maximum Gasteiger partial charge on any atom is 0.398 e. The topological polar surface area (TPSA) is 38.3 Å². The summed E-state index contributed by atoms with van der Waals surface area (Å²) in [6.07, 6.45) is -4.37. The molecule has 0 spiro atoms. The standard InChI is InChI=1S/C16H12ClF4NO2S/c17-11-6-12(18)13(7-14(11)25-8-16(19,20)21)22-9-24-15(23)10-4-2-1-3-5-10/h1-7,22H,8-9H2. The van der Waals surface area contributed by atoms with Gasteiger partial charge in [0.15, 0.2) is 6.73 Å². The van der Waals surface area contributed by atoms with Crippen molar-refractivity contribution in [2.24, 2.45) is 0 Å². The van der Waals surface area contributed by atoms with E-state index in [0.717, 1.165) is 12.1 Å². The summed E-state index contributed by atoms with van der Waals surface area (Å²) < 4.78 is 55.7. The van der Waals surface area contributed by atoms with Gasteiger partial charge in [-0.25, -0.2) is 9.18 Å². The Labute approximate surface area is 150 Å². The minimum absolute atomic E-state index is 0.0669. The highest BCUT2D eigenvalue weighted by Crippen LogP contribution is 2.35. The van der Waals surface area contributed by atoms with Crippen LogP contribution in [0, 0.1) is 5.82 Å². The van der Waals surface area contributed by atoms with Crippen LogP contribution in [0.5, 0.6) is 0 Å². The van der Waals surface area contributed by atoms with Crippen molar-refractivity contribution in [3.8, 4) is 0 Å². The molecule has 0 saturated carbocycles. The molecule has 25 heavy (non-hydrogen) atoms. The van der Waals surface area contributed by atoms with E-state index in [-0.39, 0.29) is 22.3 Å². The van der Waals surface area contributed by atoms with E-state index in [1.54, 1.807) is 30.3 Å². The quantitative estimate of drug-likeness (QED) is 0.310. The van der Waals surface area contributed by atoms with Gasteiger partial charge in [-0.15, -0.1) is 11.8 Å². The zero-order valence-corrected chi connectivity index (χ0v) is 14.1. The van der Waals surface area contributed by atoms with Crippen LogP contribution in [-0.2, 0) is 4.74 Å². The van der Waals surface area contributed by atoms with E-state index in [2.05, 4.69) is 5.32 Å². The first kappa shape index (κ1) is 19.4. The number of esters is 1. The molecule has 0 aliphatic heterocycles. The third-order valence-corrected chi connectivity index (χ3v) is 4.43. The molecule has 0 radical (unpaired) electrons. The van der Waals surface area contributed by atoms with Crippen LogP contribution in [0.2, 0.25) is 5.02 Å². The Morgan fingerprint density at radius 3 is 2.52 bits per heavy atom. The molecule has 0 heterocycles. The highest BCUT2D eigenvalue weighted by atomic mass is 35.5. The molecule has 2 aromatic carbocycles. The average molecular weight is 394 g/mol. The van der Waals surface area contributed by atoms with Crippen LogP contribution < -0.4 is 5.32 Å². The lowest BCUT2D eigenvalue weighted by Gasteiger charge is -2.12. The van der Waals surface area contributed by atoms with E-state index in [4.69, 9.17) is 16.3 Å². The number of hydrogen-bond donors (Lipinski definition) is 1. The van der Waals surface area contributed by atoms with Crippen LogP contribution in [-0.4, -0.2) is 24.6 Å². The summed E-state index contributed by atoms with van der Waals surface area (Å²) in [7, 11) is 0. The molecule has 134 valence electrons. The number of halogens is 5. The first-order valence-corrected chi connectivity index (χ1v) is 8.27. The maximum atomic E-state index is 13.8. The van der Waals surface area contributed by atoms with Gasteiger partial charge in [-0.3, -0.25) is 0 Å². The first-order valence-electron chi connectivity index (χ1n) is 6.91. The van der Waals surface area contributed by atoms with Gasteiger partial charge >= 0.3 is 12.1 Å². The third kappa shape index (κ3) is 6.13. The number of benzene rings is 2. The fraction of sp³-hybridized carbons (Fsp3) is 0.188. The molecule has 0 aliphatic carbocycles. The van der Waals surface area contributed by atoms with Crippen molar-refractivity contribution in [2.75, 3.05) is 17.8 Å². The van der Waals surface area contributed by atoms with Crippen molar-refractivity contribution in [1.82, 2.24) is 0 Å². The van der Waals surface area contributed by atoms with Gasteiger partial charge in [0, 0.05) is 4.90 Å². The number of ether oxygens (including phenoxy) is 1. The Morgan fingerprint density at radius 2 is 1.88 bits per heavy atom. The molecular weight excluding hydrogens is 382 g/mol. The lowest BCUT2D eigenvalue weighted by Crippen LogP contribution is -2.13. The molecule has 1 N–H and O–H groups in total. The van der Waals surface area contributed by atoms with Crippen molar-refractivity contribution >= 4 is 35.0 Å². The van der Waals surface area contributed by atoms with Crippen LogP contribution in [0.4, 0.5) is 23.2 Å². The Bertz CT molecular complexity index is 741. The van der Waals surface area contributed by atoms with Crippen molar-refractivity contribution in [1.29, 1.82) is 0 Å². The molecule has 0 aliphatic rings. The molecular formula is C16H12ClF4NO2S. The molecule has 9 heteroatoms. The number of carbonyl (C=O) groups excluding carboxylic acids is 1. The Morgan fingerprint density at radius 1 is 1.20 bits per heavy atom. The molecule has 0 saturated heterocycles. The van der Waals surface area contributed by atoms with Gasteiger partial charge in [-0.1, -0.05) is 29.8 Å². The number of carbonyl (C=O) groups is 1. The molecule has 2 rings (SSSR count). The second kappa shape index (κ2) is 8.44. The zero-order chi connectivity index (χ0) is 18.4. The van der Waals surface area contributed by atoms with Crippen molar-refractivity contribution in [3.63, 3.8) is 0 Å². The molecule has 0 aromatic heterocycles. The van der Waals surface area contributed by atoms with Crippen LogP contribution in [0.1, 0.15) is 10.4 Å². The lowest BCUT2D eigenvalue weighted by atomic mass is 10.2. The number of thioether (sulfide) groups is 1. The molecule has 0 bridgehead atoms. The Hall–Kier alpha value is -1.93. The summed E-state index contributed by atoms with van der Waals surface area (Å²) in [6.45, 7) is -0.352. The maximum absolute atomic E-state index is 13.8. The van der Waals surface area contributed by atoms with Gasteiger partial charge in [0.05, 0.1) is 22.0 Å². The van der Waals surface area contributed by atoms with E-state index in [9.17, 15) is 22.4 Å². The molecule has 0 atom stereocenters. The third-order valence-electron chi connectivity index (χ3n) is 2.89. The number of alkyl halides is 3. The van der Waals surface area contributed by atoms with Crippen LogP contribution in [0.3, 0.4) is 0 Å². The second-order valence-electron chi connectivity index (χ2n) is 4.79. The van der Waals surface area contributed by atoms with E-state index in [0.29, 0.717) is 17.3 Å². The van der Waals surface area contributed by atoms with E-state index >= 15 is 0 Å². The predicted octanol–water partition coefficient (Wildman–Crippen LogP) is 5.36. The summed E-state index contributed by atoms with van der Waals surface area (Å²) in [5.74, 6) is -2.54. The van der Waals surface area contributed by atoms with E-state index in [1.165, 1.54) is 0 Å². The summed E-state index contributed by atoms with van der Waals surface area (Å²) in [5.41, 5.74) is 0.206. The number of rotatable bonds is 6. The van der Waals surface area contributed by atoms with E-state index in [1.807, 2.05) is 0 Å². The smallest absolute Gasteiger partial charge is 0.398 e. The second-order valence-corrected chi connectivity index (χ2v) is 6.21. The first-order chi connectivity index (χ1) is 11.8. The highest BCUT2D eigenvalue weighted by molar-refractivity contribution is 7.99. The molecule has 0 fully saturated rings. The van der Waals surface area contributed by atoms with E-state index < -0.39 is 23.7 Å². The van der Waals surface area contributed by atoms with Crippen molar-refractivity contribution in [3.05, 3.63) is 58.9 Å². The highest BCUT2D eigenvalue weighted by Gasteiger charge is 2.28. The van der Waals surface area contributed by atoms with Gasteiger partial charge in [0.25, 0.3) is 0 Å². The molecule has 0 unspecified atom stereocenters. The van der Waals surface area contributed by atoms with Crippen molar-refractivity contribution < 1.29 is 27.1 Å². The normalized spacial score (nSPS) is 11.2. The van der Waals surface area contributed by atoms with Crippen LogP contribution >= 0.6 is 23.4 Å². The van der Waals surface area contributed by atoms with Gasteiger partial charge in [-0.05, 0) is 24.3 Å². The van der Waals surface area contributed by atoms with Gasteiger partial charge in [-0.2, -0.15) is 13.2 Å². The summed E-state index contributed by atoms with van der Waals surface area (Å²) in [4.78, 5) is 11.8. The Kier molecular flexibility index (Phi) is 6.55.